The number of likely N-dealkylation sites (tertiary alicyclic amines) is 1. The fraction of sp³-hybridized carbons (Fsp3) is 0.800. The molecule has 0 spiro atoms. The molecule has 2 fully saturated rings. The molecular formula is C15H24N8O. The van der Waals surface area contributed by atoms with Gasteiger partial charge in [-0.05, 0) is 42.7 Å². The van der Waals surface area contributed by atoms with Gasteiger partial charge in [0.15, 0.2) is 11.6 Å². The molecule has 1 aliphatic heterocycles. The second-order valence-electron chi connectivity index (χ2n) is 6.68. The van der Waals surface area contributed by atoms with Gasteiger partial charge in [0.05, 0.1) is 19.1 Å². The Hall–Kier alpha value is -1.87. The van der Waals surface area contributed by atoms with Gasteiger partial charge < -0.3 is 9.84 Å². The Bertz CT molecular complexity index is 664. The summed E-state index contributed by atoms with van der Waals surface area (Å²) in [6.07, 6.45) is 5.52. The number of aryl methyl sites for hydroxylation is 1. The third kappa shape index (κ3) is 3.62. The summed E-state index contributed by atoms with van der Waals surface area (Å²) < 4.78 is 7.16. The lowest BCUT2D eigenvalue weighted by molar-refractivity contribution is 0.176. The molecule has 2 aliphatic rings. The number of aromatic nitrogens is 6. The van der Waals surface area contributed by atoms with Crippen molar-refractivity contribution in [2.45, 2.75) is 64.2 Å². The predicted octanol–water partition coefficient (Wildman–Crippen LogP) is 0.708. The Kier molecular flexibility index (Phi) is 4.52. The molecule has 0 bridgehead atoms. The minimum Gasteiger partial charge on any atom is -0.339 e. The first-order valence-electron chi connectivity index (χ1n) is 8.85. The molecule has 9 nitrogen and oxygen atoms in total. The summed E-state index contributed by atoms with van der Waals surface area (Å²) in [5, 5.41) is 19.7. The van der Waals surface area contributed by atoms with E-state index in [-0.39, 0.29) is 0 Å². The van der Waals surface area contributed by atoms with E-state index in [9.17, 15) is 0 Å². The Morgan fingerprint density at radius 3 is 3.00 bits per heavy atom. The summed E-state index contributed by atoms with van der Waals surface area (Å²) in [6, 6.07) is 0.964. The maximum atomic E-state index is 5.19. The number of nitrogens with one attached hydrogen (secondary N) is 1. The second-order valence-corrected chi connectivity index (χ2v) is 6.68. The van der Waals surface area contributed by atoms with Gasteiger partial charge in [-0.25, -0.2) is 4.68 Å². The number of rotatable bonds is 7. The van der Waals surface area contributed by atoms with Gasteiger partial charge in [0, 0.05) is 19.0 Å². The fourth-order valence-corrected chi connectivity index (χ4v) is 3.23. The predicted molar refractivity (Wildman–Crippen MR) is 84.9 cm³/mol. The van der Waals surface area contributed by atoms with Crippen molar-refractivity contribution in [1.29, 1.82) is 0 Å². The van der Waals surface area contributed by atoms with Crippen molar-refractivity contribution in [3.05, 3.63) is 17.5 Å². The molecule has 3 heterocycles. The molecule has 1 saturated heterocycles. The Morgan fingerprint density at radius 2 is 2.21 bits per heavy atom. The van der Waals surface area contributed by atoms with Gasteiger partial charge in [-0.1, -0.05) is 12.1 Å². The monoisotopic (exact) mass is 332 g/mol. The van der Waals surface area contributed by atoms with Crippen LogP contribution in [0.15, 0.2) is 4.52 Å². The molecule has 0 radical (unpaired) electrons. The van der Waals surface area contributed by atoms with Gasteiger partial charge >= 0.3 is 0 Å². The van der Waals surface area contributed by atoms with Gasteiger partial charge in [0.2, 0.25) is 5.89 Å². The van der Waals surface area contributed by atoms with Crippen LogP contribution < -0.4 is 5.32 Å². The molecule has 2 aromatic heterocycles. The van der Waals surface area contributed by atoms with E-state index in [0.29, 0.717) is 18.0 Å². The molecule has 0 aromatic carbocycles. The number of piperidine rings is 1. The lowest BCUT2D eigenvalue weighted by Gasteiger charge is -2.32. The first-order valence-corrected chi connectivity index (χ1v) is 8.85. The van der Waals surface area contributed by atoms with Crippen LogP contribution in [-0.4, -0.2) is 54.4 Å². The molecule has 9 heteroatoms. The average molecular weight is 332 g/mol. The maximum absolute atomic E-state index is 5.19. The quantitative estimate of drug-likeness (QED) is 0.791. The second kappa shape index (κ2) is 6.94. The Balaban J connectivity index is 1.29. The molecule has 1 N–H and O–H groups in total. The van der Waals surface area contributed by atoms with E-state index in [0.717, 1.165) is 44.2 Å². The zero-order valence-corrected chi connectivity index (χ0v) is 14.1. The summed E-state index contributed by atoms with van der Waals surface area (Å²) in [6.45, 7) is 5.56. The summed E-state index contributed by atoms with van der Waals surface area (Å²) in [7, 11) is 0. The number of tetrazole rings is 1. The lowest BCUT2D eigenvalue weighted by atomic mass is 10.1. The van der Waals surface area contributed by atoms with Crippen LogP contribution >= 0.6 is 0 Å². The third-order valence-electron chi connectivity index (χ3n) is 4.69. The summed E-state index contributed by atoms with van der Waals surface area (Å²) in [5.74, 6) is 2.44. The molecule has 130 valence electrons. The average Bonchev–Trinajstić information content (AvgIpc) is 3.16. The fourth-order valence-electron chi connectivity index (χ4n) is 3.23. The summed E-state index contributed by atoms with van der Waals surface area (Å²) in [4.78, 5) is 6.79. The van der Waals surface area contributed by atoms with Crippen LogP contribution in [0.5, 0.6) is 0 Å². The molecular weight excluding hydrogens is 308 g/mol. The van der Waals surface area contributed by atoms with E-state index in [1.165, 1.54) is 25.7 Å². The van der Waals surface area contributed by atoms with E-state index in [4.69, 9.17) is 4.52 Å². The van der Waals surface area contributed by atoms with E-state index in [2.05, 4.69) is 35.9 Å². The van der Waals surface area contributed by atoms with E-state index >= 15 is 0 Å². The standard InChI is InChI=1S/C15H24N8O/c1-2-15-17-13(19-24-15)10-22-7-3-4-11(9-22)16-8-14-18-20-21-23(14)12-5-6-12/h11-12,16H,2-10H2,1H3/t11-/m1/s1. The van der Waals surface area contributed by atoms with Crippen molar-refractivity contribution in [3.8, 4) is 0 Å². The third-order valence-corrected chi connectivity index (χ3v) is 4.69. The van der Waals surface area contributed by atoms with Crippen molar-refractivity contribution in [2.75, 3.05) is 13.1 Å². The van der Waals surface area contributed by atoms with E-state index in [1.807, 2.05) is 11.6 Å². The normalized spacial score (nSPS) is 22.1. The minimum absolute atomic E-state index is 0.445. The minimum atomic E-state index is 0.445. The molecule has 24 heavy (non-hydrogen) atoms. The van der Waals surface area contributed by atoms with Crippen LogP contribution in [-0.2, 0) is 19.5 Å². The molecule has 2 aromatic rings. The largest absolute Gasteiger partial charge is 0.339 e. The lowest BCUT2D eigenvalue weighted by Crippen LogP contribution is -2.45. The van der Waals surface area contributed by atoms with Crippen LogP contribution in [0.2, 0.25) is 0 Å². The number of hydrogen-bond acceptors (Lipinski definition) is 8. The highest BCUT2D eigenvalue weighted by molar-refractivity contribution is 4.92. The topological polar surface area (TPSA) is 97.8 Å². The summed E-state index contributed by atoms with van der Waals surface area (Å²) >= 11 is 0. The van der Waals surface area contributed by atoms with Crippen LogP contribution in [0, 0.1) is 0 Å². The molecule has 0 amide bonds. The highest BCUT2D eigenvalue weighted by Crippen LogP contribution is 2.34. The first-order chi connectivity index (χ1) is 11.8. The van der Waals surface area contributed by atoms with Gasteiger partial charge in [0.25, 0.3) is 0 Å². The molecule has 1 saturated carbocycles. The van der Waals surface area contributed by atoms with E-state index < -0.39 is 0 Å². The van der Waals surface area contributed by atoms with Crippen LogP contribution in [0.1, 0.15) is 56.2 Å². The first kappa shape index (κ1) is 15.6. The van der Waals surface area contributed by atoms with Crippen LogP contribution in [0.4, 0.5) is 0 Å². The molecule has 1 aliphatic carbocycles. The number of nitrogens with zero attached hydrogens (tertiary/aromatic N) is 7. The zero-order chi connectivity index (χ0) is 16.4. The highest BCUT2D eigenvalue weighted by Gasteiger charge is 2.28. The summed E-state index contributed by atoms with van der Waals surface area (Å²) in [5.41, 5.74) is 0. The van der Waals surface area contributed by atoms with Gasteiger partial charge in [-0.3, -0.25) is 4.90 Å². The van der Waals surface area contributed by atoms with Crippen molar-refractivity contribution in [3.63, 3.8) is 0 Å². The van der Waals surface area contributed by atoms with Gasteiger partial charge in [-0.2, -0.15) is 4.98 Å². The molecule has 1 atom stereocenters. The van der Waals surface area contributed by atoms with Crippen LogP contribution in [0.25, 0.3) is 0 Å². The Labute approximate surface area is 140 Å². The molecule has 4 rings (SSSR count). The van der Waals surface area contributed by atoms with E-state index in [1.54, 1.807) is 0 Å². The van der Waals surface area contributed by atoms with Crippen molar-refractivity contribution < 1.29 is 4.52 Å². The maximum Gasteiger partial charge on any atom is 0.226 e. The molecule has 0 unspecified atom stereocenters. The number of hydrogen-bond donors (Lipinski definition) is 1. The van der Waals surface area contributed by atoms with Gasteiger partial charge in [0.1, 0.15) is 0 Å². The van der Waals surface area contributed by atoms with Crippen LogP contribution in [0.3, 0.4) is 0 Å². The highest BCUT2D eigenvalue weighted by atomic mass is 16.5. The van der Waals surface area contributed by atoms with Crippen molar-refractivity contribution in [1.82, 2.24) is 40.6 Å². The SMILES string of the molecule is CCc1nc(CN2CCC[C@@H](NCc3nnnn3C3CC3)C2)no1. The smallest absolute Gasteiger partial charge is 0.226 e. The Morgan fingerprint density at radius 1 is 1.29 bits per heavy atom. The van der Waals surface area contributed by atoms with Crippen molar-refractivity contribution in [2.24, 2.45) is 0 Å². The van der Waals surface area contributed by atoms with Gasteiger partial charge in [-0.15, -0.1) is 5.10 Å². The zero-order valence-electron chi connectivity index (χ0n) is 14.1. The van der Waals surface area contributed by atoms with Crippen molar-refractivity contribution >= 4 is 0 Å².